The highest BCUT2D eigenvalue weighted by Crippen LogP contribution is 2.37. The van der Waals surface area contributed by atoms with E-state index < -0.39 is 11.8 Å². The monoisotopic (exact) mass is 502 g/mol. The molecule has 2 N–H and O–H groups in total. The summed E-state index contributed by atoms with van der Waals surface area (Å²) in [5.41, 5.74) is 5.27. The number of nitrogens with zero attached hydrogens (tertiary/aromatic N) is 2. The first-order valence-corrected chi connectivity index (χ1v) is 11.3. The molecule has 0 fully saturated rings. The summed E-state index contributed by atoms with van der Waals surface area (Å²) in [6.45, 7) is 0. The standard InChI is InChI=1S/C28H30N4O5/c1-32(2)22-13-11-19(12-14-22)15-23(30-27(33)21-9-7-6-8-10-21)28(34)31-29-18-20-16-24(35-3)26(37-5)25(17-20)36-4/h6-18H,1-5H3,(H,30,33)(H,31,34)/b23-15-,29-18-. The van der Waals surface area contributed by atoms with Crippen LogP contribution in [0.5, 0.6) is 17.2 Å². The van der Waals surface area contributed by atoms with E-state index in [1.807, 2.05) is 49.3 Å². The molecule has 3 aromatic rings. The Morgan fingerprint density at radius 2 is 1.46 bits per heavy atom. The first kappa shape index (κ1) is 26.8. The lowest BCUT2D eigenvalue weighted by molar-refractivity contribution is -0.117. The van der Waals surface area contributed by atoms with E-state index in [0.29, 0.717) is 28.4 Å². The normalized spacial score (nSPS) is 11.1. The van der Waals surface area contributed by atoms with Gasteiger partial charge in [0.05, 0.1) is 27.5 Å². The number of carbonyl (C=O) groups excluding carboxylic acids is 2. The highest BCUT2D eigenvalue weighted by Gasteiger charge is 2.15. The summed E-state index contributed by atoms with van der Waals surface area (Å²) in [6, 6.07) is 19.6. The van der Waals surface area contributed by atoms with E-state index in [4.69, 9.17) is 14.2 Å². The van der Waals surface area contributed by atoms with Gasteiger partial charge in [0, 0.05) is 30.9 Å². The lowest BCUT2D eigenvalue weighted by Gasteiger charge is -2.13. The van der Waals surface area contributed by atoms with Crippen LogP contribution in [-0.4, -0.2) is 53.5 Å². The van der Waals surface area contributed by atoms with Gasteiger partial charge in [0.25, 0.3) is 11.8 Å². The summed E-state index contributed by atoms with van der Waals surface area (Å²) in [7, 11) is 8.42. The van der Waals surface area contributed by atoms with E-state index >= 15 is 0 Å². The van der Waals surface area contributed by atoms with Crippen LogP contribution in [0.4, 0.5) is 5.69 Å². The molecule has 0 aliphatic heterocycles. The third-order valence-corrected chi connectivity index (χ3v) is 5.32. The minimum Gasteiger partial charge on any atom is -0.493 e. The van der Waals surface area contributed by atoms with Crippen LogP contribution in [0.3, 0.4) is 0 Å². The van der Waals surface area contributed by atoms with Gasteiger partial charge in [0.15, 0.2) is 11.5 Å². The molecule has 192 valence electrons. The molecule has 0 saturated carbocycles. The number of anilines is 1. The van der Waals surface area contributed by atoms with Gasteiger partial charge < -0.3 is 24.4 Å². The number of carbonyl (C=O) groups is 2. The lowest BCUT2D eigenvalue weighted by Crippen LogP contribution is -2.32. The van der Waals surface area contributed by atoms with E-state index in [1.54, 1.807) is 42.5 Å². The van der Waals surface area contributed by atoms with Crippen molar-refractivity contribution in [2.24, 2.45) is 5.10 Å². The second-order valence-corrected chi connectivity index (χ2v) is 8.02. The number of ether oxygens (including phenoxy) is 3. The van der Waals surface area contributed by atoms with Crippen LogP contribution < -0.4 is 29.9 Å². The first-order chi connectivity index (χ1) is 17.9. The Morgan fingerprint density at radius 3 is 2.00 bits per heavy atom. The van der Waals surface area contributed by atoms with Gasteiger partial charge in [-0.2, -0.15) is 5.10 Å². The maximum Gasteiger partial charge on any atom is 0.287 e. The molecule has 3 aromatic carbocycles. The van der Waals surface area contributed by atoms with Gasteiger partial charge in [0.2, 0.25) is 5.75 Å². The molecule has 0 unspecified atom stereocenters. The zero-order valence-corrected chi connectivity index (χ0v) is 21.4. The molecule has 0 bridgehead atoms. The molecule has 0 aliphatic carbocycles. The molecule has 0 spiro atoms. The summed E-state index contributed by atoms with van der Waals surface area (Å²) in [6.07, 6.45) is 3.02. The van der Waals surface area contributed by atoms with Gasteiger partial charge >= 0.3 is 0 Å². The van der Waals surface area contributed by atoms with Gasteiger partial charge in [-0.05, 0) is 48.0 Å². The highest BCUT2D eigenvalue weighted by molar-refractivity contribution is 6.05. The SMILES string of the molecule is COc1cc(/C=N\NC(=O)/C(=C/c2ccc(N(C)C)cc2)NC(=O)c2ccccc2)cc(OC)c1OC. The molecular weight excluding hydrogens is 472 g/mol. The maximum absolute atomic E-state index is 13.0. The van der Waals surface area contributed by atoms with Gasteiger partial charge in [-0.15, -0.1) is 0 Å². The molecular formula is C28H30N4O5. The number of amides is 2. The van der Waals surface area contributed by atoms with Crippen molar-refractivity contribution in [1.82, 2.24) is 10.7 Å². The van der Waals surface area contributed by atoms with E-state index in [0.717, 1.165) is 11.3 Å². The van der Waals surface area contributed by atoms with Crippen molar-refractivity contribution in [3.8, 4) is 17.2 Å². The fraction of sp³-hybridized carbons (Fsp3) is 0.179. The van der Waals surface area contributed by atoms with Crippen molar-refractivity contribution in [2.75, 3.05) is 40.3 Å². The number of methoxy groups -OCH3 is 3. The fourth-order valence-electron chi connectivity index (χ4n) is 3.38. The minimum atomic E-state index is -0.593. The molecule has 0 atom stereocenters. The number of hydrogen-bond acceptors (Lipinski definition) is 7. The van der Waals surface area contributed by atoms with Crippen LogP contribution in [0.25, 0.3) is 6.08 Å². The van der Waals surface area contributed by atoms with E-state index in [2.05, 4.69) is 15.8 Å². The van der Waals surface area contributed by atoms with Crippen LogP contribution in [0.15, 0.2) is 77.5 Å². The molecule has 9 nitrogen and oxygen atoms in total. The van der Waals surface area contributed by atoms with Crippen LogP contribution in [0, 0.1) is 0 Å². The molecule has 0 aromatic heterocycles. The van der Waals surface area contributed by atoms with E-state index in [1.165, 1.54) is 27.5 Å². The zero-order chi connectivity index (χ0) is 26.8. The Morgan fingerprint density at radius 1 is 0.838 bits per heavy atom. The second-order valence-electron chi connectivity index (χ2n) is 8.02. The van der Waals surface area contributed by atoms with Crippen LogP contribution >= 0.6 is 0 Å². The number of benzene rings is 3. The lowest BCUT2D eigenvalue weighted by atomic mass is 10.1. The third kappa shape index (κ3) is 7.11. The summed E-state index contributed by atoms with van der Waals surface area (Å²) in [4.78, 5) is 27.8. The molecule has 2 amide bonds. The molecule has 9 heteroatoms. The molecule has 0 saturated heterocycles. The first-order valence-electron chi connectivity index (χ1n) is 11.3. The Hall–Kier alpha value is -4.79. The Kier molecular flexibility index (Phi) is 9.26. The van der Waals surface area contributed by atoms with Crippen LogP contribution in [0.1, 0.15) is 21.5 Å². The Bertz CT molecular complexity index is 1260. The number of nitrogens with one attached hydrogen (secondary N) is 2. The average Bonchev–Trinajstić information content (AvgIpc) is 2.92. The predicted octanol–water partition coefficient (Wildman–Crippen LogP) is 3.70. The average molecular weight is 503 g/mol. The second kappa shape index (κ2) is 12.8. The van der Waals surface area contributed by atoms with Crippen molar-refractivity contribution in [1.29, 1.82) is 0 Å². The maximum atomic E-state index is 13.0. The topological polar surface area (TPSA) is 101 Å². The Balaban J connectivity index is 1.85. The Labute approximate surface area is 216 Å². The van der Waals surface area contributed by atoms with Gasteiger partial charge in [-0.1, -0.05) is 30.3 Å². The third-order valence-electron chi connectivity index (χ3n) is 5.32. The van der Waals surface area contributed by atoms with E-state index in [9.17, 15) is 9.59 Å². The van der Waals surface area contributed by atoms with Gasteiger partial charge in [0.1, 0.15) is 5.70 Å². The number of rotatable bonds is 10. The molecule has 3 rings (SSSR count). The quantitative estimate of drug-likeness (QED) is 0.249. The number of hydrazone groups is 1. The molecule has 0 aliphatic rings. The van der Waals surface area contributed by atoms with Crippen molar-refractivity contribution >= 4 is 29.8 Å². The van der Waals surface area contributed by atoms with Crippen molar-refractivity contribution in [3.05, 3.63) is 89.1 Å². The summed E-state index contributed by atoms with van der Waals surface area (Å²) in [5.74, 6) is 0.337. The van der Waals surface area contributed by atoms with Crippen LogP contribution in [-0.2, 0) is 4.79 Å². The predicted molar refractivity (Wildman–Crippen MR) is 144 cm³/mol. The summed E-state index contributed by atoms with van der Waals surface area (Å²) >= 11 is 0. The van der Waals surface area contributed by atoms with Crippen LogP contribution in [0.2, 0.25) is 0 Å². The molecule has 0 radical (unpaired) electrons. The van der Waals surface area contributed by atoms with Crippen molar-refractivity contribution in [2.45, 2.75) is 0 Å². The summed E-state index contributed by atoms with van der Waals surface area (Å²) < 4.78 is 16.0. The van der Waals surface area contributed by atoms with Crippen molar-refractivity contribution < 1.29 is 23.8 Å². The zero-order valence-electron chi connectivity index (χ0n) is 21.4. The van der Waals surface area contributed by atoms with Gasteiger partial charge in [-0.25, -0.2) is 5.43 Å². The largest absolute Gasteiger partial charge is 0.493 e. The number of hydrogen-bond donors (Lipinski definition) is 2. The minimum absolute atomic E-state index is 0.0356. The fourth-order valence-corrected chi connectivity index (χ4v) is 3.38. The van der Waals surface area contributed by atoms with Crippen molar-refractivity contribution in [3.63, 3.8) is 0 Å². The summed E-state index contributed by atoms with van der Waals surface area (Å²) in [5, 5.41) is 6.74. The smallest absolute Gasteiger partial charge is 0.287 e. The highest BCUT2D eigenvalue weighted by atomic mass is 16.5. The molecule has 0 heterocycles. The van der Waals surface area contributed by atoms with E-state index in [-0.39, 0.29) is 5.70 Å². The molecule has 37 heavy (non-hydrogen) atoms. The van der Waals surface area contributed by atoms with Gasteiger partial charge in [-0.3, -0.25) is 9.59 Å².